The zero-order valence-electron chi connectivity index (χ0n) is 15.9. The molecule has 3 aromatic rings. The van der Waals surface area contributed by atoms with Gasteiger partial charge in [-0.15, -0.1) is 0 Å². The summed E-state index contributed by atoms with van der Waals surface area (Å²) in [5.74, 6) is 0.532. The molecule has 0 aliphatic carbocycles. The van der Waals surface area contributed by atoms with Gasteiger partial charge in [0.25, 0.3) is 5.91 Å². The number of hydrogen-bond donors (Lipinski definition) is 3. The molecule has 3 N–H and O–H groups in total. The highest BCUT2D eigenvalue weighted by Gasteiger charge is 2.18. The van der Waals surface area contributed by atoms with E-state index in [9.17, 15) is 15.0 Å². The van der Waals surface area contributed by atoms with Crippen LogP contribution in [0.1, 0.15) is 15.9 Å². The highest BCUT2D eigenvalue weighted by Crippen LogP contribution is 2.35. The molecule has 29 heavy (non-hydrogen) atoms. The topological polar surface area (TPSA) is 98.6 Å². The first-order chi connectivity index (χ1) is 14.1. The Morgan fingerprint density at radius 3 is 2.66 bits per heavy atom. The number of benzene rings is 1. The summed E-state index contributed by atoms with van der Waals surface area (Å²) in [5, 5.41) is 22.3. The molecule has 0 aliphatic rings. The Morgan fingerprint density at radius 2 is 1.97 bits per heavy atom. The van der Waals surface area contributed by atoms with E-state index < -0.39 is 0 Å². The van der Waals surface area contributed by atoms with E-state index >= 15 is 0 Å². The third-order valence-electron chi connectivity index (χ3n) is 4.07. The number of aliphatic hydroxyl groups excluding tert-OH is 2. The molecular weight excluding hydrogens is 408 g/mol. The van der Waals surface area contributed by atoms with Gasteiger partial charge >= 0.3 is 0 Å². The molecule has 9 heteroatoms. The molecule has 2 aromatic heterocycles. The highest BCUT2D eigenvalue weighted by atomic mass is 32.2. The van der Waals surface area contributed by atoms with E-state index in [1.165, 1.54) is 28.0 Å². The maximum absolute atomic E-state index is 12.8. The Hall–Kier alpha value is -2.46. The summed E-state index contributed by atoms with van der Waals surface area (Å²) in [6, 6.07) is 11.3. The number of nitrogens with zero attached hydrogens (tertiary/aromatic N) is 3. The fourth-order valence-electron chi connectivity index (χ4n) is 2.65. The summed E-state index contributed by atoms with van der Waals surface area (Å²) < 4.78 is 0.980. The fraction of sp³-hybridized carbons (Fsp3) is 0.250. The first kappa shape index (κ1) is 21.3. The largest absolute Gasteiger partial charge is 0.395 e. The average Bonchev–Trinajstić information content (AvgIpc) is 3.16. The van der Waals surface area contributed by atoms with Crippen molar-refractivity contribution in [1.29, 1.82) is 0 Å². The molecule has 0 saturated carbocycles. The van der Waals surface area contributed by atoms with Crippen LogP contribution in [-0.2, 0) is 0 Å². The second kappa shape index (κ2) is 10.4. The van der Waals surface area contributed by atoms with E-state index in [0.29, 0.717) is 5.56 Å². The Balaban J connectivity index is 1.74. The lowest BCUT2D eigenvalue weighted by atomic mass is 10.1. The SMILES string of the molecule is Cc1ccc(Sc2cnc(Nc3ccccn3)s2)cc1C(=O)N(CCO)CCO. The third kappa shape index (κ3) is 5.77. The third-order valence-corrected chi connectivity index (χ3v) is 6.07. The van der Waals surface area contributed by atoms with Crippen molar-refractivity contribution in [3.63, 3.8) is 0 Å². The summed E-state index contributed by atoms with van der Waals surface area (Å²) in [5.41, 5.74) is 1.41. The number of carbonyl (C=O) groups is 1. The van der Waals surface area contributed by atoms with Crippen molar-refractivity contribution in [2.24, 2.45) is 0 Å². The highest BCUT2D eigenvalue weighted by molar-refractivity contribution is 8.01. The number of aryl methyl sites for hydroxylation is 1. The van der Waals surface area contributed by atoms with Crippen LogP contribution in [0, 0.1) is 6.92 Å². The van der Waals surface area contributed by atoms with Gasteiger partial charge in [0.05, 0.1) is 23.6 Å². The Labute approximate surface area is 177 Å². The van der Waals surface area contributed by atoms with Crippen LogP contribution in [0.5, 0.6) is 0 Å². The average molecular weight is 431 g/mol. The maximum atomic E-state index is 12.8. The van der Waals surface area contributed by atoms with Crippen LogP contribution in [0.4, 0.5) is 10.9 Å². The normalized spacial score (nSPS) is 10.7. The molecule has 0 spiro atoms. The van der Waals surface area contributed by atoms with E-state index in [1.54, 1.807) is 12.4 Å². The van der Waals surface area contributed by atoms with Crippen molar-refractivity contribution in [1.82, 2.24) is 14.9 Å². The lowest BCUT2D eigenvalue weighted by Crippen LogP contribution is -2.36. The van der Waals surface area contributed by atoms with Gasteiger partial charge in [-0.05, 0) is 36.8 Å². The van der Waals surface area contributed by atoms with Gasteiger partial charge in [-0.25, -0.2) is 9.97 Å². The molecule has 1 amide bonds. The number of thiazole rings is 1. The van der Waals surface area contributed by atoms with Crippen LogP contribution in [0.2, 0.25) is 0 Å². The second-order valence-corrected chi connectivity index (χ2v) is 8.55. The van der Waals surface area contributed by atoms with Crippen LogP contribution in [-0.4, -0.2) is 57.3 Å². The number of pyridine rings is 1. The number of hydrogen-bond acceptors (Lipinski definition) is 8. The van der Waals surface area contributed by atoms with Crippen LogP contribution >= 0.6 is 23.1 Å². The van der Waals surface area contributed by atoms with Crippen LogP contribution < -0.4 is 5.32 Å². The summed E-state index contributed by atoms with van der Waals surface area (Å²) in [6.45, 7) is 1.96. The first-order valence-corrected chi connectivity index (χ1v) is 10.7. The van der Waals surface area contributed by atoms with E-state index in [4.69, 9.17) is 0 Å². The summed E-state index contributed by atoms with van der Waals surface area (Å²) in [4.78, 5) is 23.8. The number of carbonyl (C=O) groups excluding carboxylic acids is 1. The van der Waals surface area contributed by atoms with Crippen LogP contribution in [0.15, 0.2) is 57.9 Å². The number of aliphatic hydroxyl groups is 2. The standard InChI is InChI=1S/C20H22N4O3S2/c1-14-5-6-15(12-16(14)19(27)24(8-10-25)9-11-26)28-18-13-22-20(29-18)23-17-4-2-3-7-21-17/h2-7,12-13,25-26H,8-11H2,1H3,(H,21,22,23). The van der Waals surface area contributed by atoms with Crippen molar-refractivity contribution >= 4 is 40.0 Å². The molecule has 3 rings (SSSR count). The molecule has 0 fully saturated rings. The minimum absolute atomic E-state index is 0.147. The molecule has 7 nitrogen and oxygen atoms in total. The van der Waals surface area contributed by atoms with Gasteiger partial charge in [0.1, 0.15) is 5.82 Å². The van der Waals surface area contributed by atoms with Crippen molar-refractivity contribution in [2.75, 3.05) is 31.6 Å². The van der Waals surface area contributed by atoms with Gasteiger partial charge in [-0.1, -0.05) is 35.2 Å². The number of nitrogens with one attached hydrogen (secondary N) is 1. The maximum Gasteiger partial charge on any atom is 0.254 e. The first-order valence-electron chi connectivity index (χ1n) is 9.04. The summed E-state index contributed by atoms with van der Waals surface area (Å²) in [6.07, 6.45) is 3.50. The van der Waals surface area contributed by atoms with Gasteiger partial charge in [-0.3, -0.25) is 4.79 Å². The van der Waals surface area contributed by atoms with Crippen molar-refractivity contribution in [3.05, 3.63) is 59.9 Å². The second-order valence-electron chi connectivity index (χ2n) is 6.14. The number of rotatable bonds is 9. The molecular formula is C20H22N4O3S2. The lowest BCUT2D eigenvalue weighted by molar-refractivity contribution is 0.0684. The predicted octanol–water partition coefficient (Wildman–Crippen LogP) is 3.17. The Bertz CT molecular complexity index is 944. The van der Waals surface area contributed by atoms with E-state index in [2.05, 4.69) is 15.3 Å². The van der Waals surface area contributed by atoms with Gasteiger partial charge in [0, 0.05) is 29.7 Å². The smallest absolute Gasteiger partial charge is 0.254 e. The van der Waals surface area contributed by atoms with E-state index in [-0.39, 0.29) is 32.2 Å². The number of aromatic nitrogens is 2. The Kier molecular flexibility index (Phi) is 7.59. The summed E-state index contributed by atoms with van der Waals surface area (Å²) >= 11 is 3.03. The minimum Gasteiger partial charge on any atom is -0.395 e. The lowest BCUT2D eigenvalue weighted by Gasteiger charge is -2.22. The molecule has 1 aromatic carbocycles. The zero-order valence-corrected chi connectivity index (χ0v) is 17.5. The fourth-order valence-corrected chi connectivity index (χ4v) is 4.55. The van der Waals surface area contributed by atoms with Gasteiger partial charge < -0.3 is 20.4 Å². The van der Waals surface area contributed by atoms with Gasteiger partial charge in [-0.2, -0.15) is 0 Å². The number of anilines is 2. The van der Waals surface area contributed by atoms with Crippen LogP contribution in [0.25, 0.3) is 0 Å². The molecule has 0 atom stereocenters. The number of amides is 1. The van der Waals surface area contributed by atoms with Crippen molar-refractivity contribution in [3.8, 4) is 0 Å². The molecule has 0 bridgehead atoms. The van der Waals surface area contributed by atoms with E-state index in [1.807, 2.05) is 43.3 Å². The quantitative estimate of drug-likeness (QED) is 0.480. The van der Waals surface area contributed by atoms with Gasteiger partial charge in [0.15, 0.2) is 5.13 Å². The van der Waals surface area contributed by atoms with E-state index in [0.717, 1.165) is 25.6 Å². The molecule has 0 aliphatic heterocycles. The van der Waals surface area contributed by atoms with Crippen LogP contribution in [0.3, 0.4) is 0 Å². The van der Waals surface area contributed by atoms with Gasteiger partial charge in [0.2, 0.25) is 0 Å². The molecule has 0 unspecified atom stereocenters. The molecule has 152 valence electrons. The minimum atomic E-state index is -0.199. The monoisotopic (exact) mass is 430 g/mol. The zero-order chi connectivity index (χ0) is 20.6. The predicted molar refractivity (Wildman–Crippen MR) is 115 cm³/mol. The Morgan fingerprint density at radius 1 is 1.17 bits per heavy atom. The molecule has 0 saturated heterocycles. The van der Waals surface area contributed by atoms with Crippen molar-refractivity contribution in [2.45, 2.75) is 16.0 Å². The molecule has 0 radical (unpaired) electrons. The molecule has 2 heterocycles. The summed E-state index contributed by atoms with van der Waals surface area (Å²) in [7, 11) is 0. The van der Waals surface area contributed by atoms with Crippen molar-refractivity contribution < 1.29 is 15.0 Å².